The van der Waals surface area contributed by atoms with Gasteiger partial charge in [0.05, 0.1) is 6.20 Å². The fraction of sp³-hybridized carbons (Fsp3) is 0.308. The number of nitrogens with two attached hydrogens (primary N) is 1. The Bertz CT molecular complexity index is 537. The SMILES string of the molecule is Cn1cc(CC(N)Cc2cccc(F)c2F)cn1. The summed E-state index contributed by atoms with van der Waals surface area (Å²) in [6, 6.07) is 3.89. The van der Waals surface area contributed by atoms with Gasteiger partial charge in [0.15, 0.2) is 11.6 Å². The topological polar surface area (TPSA) is 43.8 Å². The quantitative estimate of drug-likeness (QED) is 0.900. The molecular weight excluding hydrogens is 236 g/mol. The Balaban J connectivity index is 2.03. The molecule has 0 aliphatic carbocycles. The first-order valence-electron chi connectivity index (χ1n) is 5.72. The third kappa shape index (κ3) is 2.92. The van der Waals surface area contributed by atoms with Crippen LogP contribution in [0.4, 0.5) is 8.78 Å². The van der Waals surface area contributed by atoms with Crippen LogP contribution >= 0.6 is 0 Å². The van der Waals surface area contributed by atoms with E-state index in [4.69, 9.17) is 5.73 Å². The van der Waals surface area contributed by atoms with E-state index >= 15 is 0 Å². The molecule has 5 heteroatoms. The van der Waals surface area contributed by atoms with E-state index in [2.05, 4.69) is 5.10 Å². The average molecular weight is 251 g/mol. The Morgan fingerprint density at radius 1 is 1.33 bits per heavy atom. The van der Waals surface area contributed by atoms with Gasteiger partial charge in [0.2, 0.25) is 0 Å². The summed E-state index contributed by atoms with van der Waals surface area (Å²) in [6.07, 6.45) is 4.48. The van der Waals surface area contributed by atoms with Crippen LogP contribution in [0.1, 0.15) is 11.1 Å². The number of hydrogen-bond acceptors (Lipinski definition) is 2. The van der Waals surface area contributed by atoms with Gasteiger partial charge in [-0.1, -0.05) is 12.1 Å². The van der Waals surface area contributed by atoms with Crippen LogP contribution in [0.3, 0.4) is 0 Å². The maximum atomic E-state index is 13.5. The van der Waals surface area contributed by atoms with E-state index in [0.717, 1.165) is 11.6 Å². The van der Waals surface area contributed by atoms with Crippen molar-refractivity contribution in [1.29, 1.82) is 0 Å². The maximum Gasteiger partial charge on any atom is 0.162 e. The van der Waals surface area contributed by atoms with E-state index in [1.165, 1.54) is 6.07 Å². The zero-order valence-electron chi connectivity index (χ0n) is 10.1. The van der Waals surface area contributed by atoms with Crippen molar-refractivity contribution < 1.29 is 8.78 Å². The van der Waals surface area contributed by atoms with Crippen molar-refractivity contribution in [3.63, 3.8) is 0 Å². The summed E-state index contributed by atoms with van der Waals surface area (Å²) in [5, 5.41) is 4.04. The summed E-state index contributed by atoms with van der Waals surface area (Å²) >= 11 is 0. The van der Waals surface area contributed by atoms with Crippen molar-refractivity contribution in [3.8, 4) is 0 Å². The molecule has 0 bridgehead atoms. The minimum absolute atomic E-state index is 0.259. The van der Waals surface area contributed by atoms with Gasteiger partial charge in [0, 0.05) is 19.3 Å². The molecule has 1 unspecified atom stereocenters. The molecule has 0 saturated carbocycles. The lowest BCUT2D eigenvalue weighted by atomic mass is 10.0. The molecule has 0 aliphatic rings. The Morgan fingerprint density at radius 2 is 2.11 bits per heavy atom. The van der Waals surface area contributed by atoms with Crippen molar-refractivity contribution in [2.45, 2.75) is 18.9 Å². The standard InChI is InChI=1S/C13H15F2N3/c1-18-8-9(7-17-18)5-11(16)6-10-3-2-4-12(14)13(10)15/h2-4,7-8,11H,5-6,16H2,1H3. The van der Waals surface area contributed by atoms with E-state index in [0.29, 0.717) is 18.4 Å². The molecule has 1 heterocycles. The normalized spacial score (nSPS) is 12.7. The second-order valence-electron chi connectivity index (χ2n) is 4.40. The highest BCUT2D eigenvalue weighted by Gasteiger charge is 2.12. The maximum absolute atomic E-state index is 13.5. The van der Waals surface area contributed by atoms with E-state index < -0.39 is 11.6 Å². The van der Waals surface area contributed by atoms with Gasteiger partial charge in [0.1, 0.15) is 0 Å². The Morgan fingerprint density at radius 3 is 2.78 bits per heavy atom. The van der Waals surface area contributed by atoms with Gasteiger partial charge < -0.3 is 5.73 Å². The monoisotopic (exact) mass is 251 g/mol. The summed E-state index contributed by atoms with van der Waals surface area (Å²) in [5.74, 6) is -1.64. The molecule has 0 radical (unpaired) electrons. The van der Waals surface area contributed by atoms with Gasteiger partial charge in [-0.05, 0) is 30.0 Å². The van der Waals surface area contributed by atoms with Crippen molar-refractivity contribution in [2.24, 2.45) is 12.8 Å². The molecule has 3 nitrogen and oxygen atoms in total. The molecule has 0 spiro atoms. The number of aromatic nitrogens is 2. The molecule has 18 heavy (non-hydrogen) atoms. The smallest absolute Gasteiger partial charge is 0.162 e. The molecule has 1 atom stereocenters. The molecular formula is C13H15F2N3. The Labute approximate surface area is 104 Å². The second-order valence-corrected chi connectivity index (χ2v) is 4.40. The van der Waals surface area contributed by atoms with Crippen LogP contribution in [0.2, 0.25) is 0 Å². The predicted molar refractivity (Wildman–Crippen MR) is 64.9 cm³/mol. The summed E-state index contributed by atoms with van der Waals surface area (Å²) in [6.45, 7) is 0. The fourth-order valence-corrected chi connectivity index (χ4v) is 1.94. The van der Waals surface area contributed by atoms with E-state index in [1.54, 1.807) is 16.9 Å². The Kier molecular flexibility index (Phi) is 3.72. The summed E-state index contributed by atoms with van der Waals surface area (Å²) in [7, 11) is 1.82. The number of halogens is 2. The van der Waals surface area contributed by atoms with Crippen molar-refractivity contribution >= 4 is 0 Å². The van der Waals surface area contributed by atoms with Crippen molar-refractivity contribution in [2.75, 3.05) is 0 Å². The third-order valence-electron chi connectivity index (χ3n) is 2.77. The molecule has 0 amide bonds. The molecule has 1 aromatic heterocycles. The first kappa shape index (κ1) is 12.7. The molecule has 0 saturated heterocycles. The minimum Gasteiger partial charge on any atom is -0.327 e. The zero-order valence-corrected chi connectivity index (χ0v) is 10.1. The molecule has 0 fully saturated rings. The van der Waals surface area contributed by atoms with E-state index in [1.807, 2.05) is 13.2 Å². The lowest BCUT2D eigenvalue weighted by molar-refractivity contribution is 0.492. The summed E-state index contributed by atoms with van der Waals surface area (Å²) < 4.78 is 28.2. The molecule has 1 aromatic carbocycles. The van der Waals surface area contributed by atoms with Crippen molar-refractivity contribution in [3.05, 3.63) is 53.4 Å². The molecule has 2 aromatic rings. The predicted octanol–water partition coefficient (Wildman–Crippen LogP) is 1.81. The highest BCUT2D eigenvalue weighted by Crippen LogP contribution is 2.14. The van der Waals surface area contributed by atoms with Crippen LogP contribution < -0.4 is 5.73 Å². The van der Waals surface area contributed by atoms with Crippen molar-refractivity contribution in [1.82, 2.24) is 9.78 Å². The van der Waals surface area contributed by atoms with E-state index in [-0.39, 0.29) is 6.04 Å². The highest BCUT2D eigenvalue weighted by molar-refractivity contribution is 5.20. The third-order valence-corrected chi connectivity index (χ3v) is 2.77. The van der Waals surface area contributed by atoms with Gasteiger partial charge in [-0.15, -0.1) is 0 Å². The van der Waals surface area contributed by atoms with Crippen LogP contribution in [0.5, 0.6) is 0 Å². The van der Waals surface area contributed by atoms with Crippen LogP contribution in [0.25, 0.3) is 0 Å². The van der Waals surface area contributed by atoms with Gasteiger partial charge in [-0.25, -0.2) is 8.78 Å². The van der Waals surface area contributed by atoms with Gasteiger partial charge >= 0.3 is 0 Å². The summed E-state index contributed by atoms with van der Waals surface area (Å²) in [4.78, 5) is 0. The van der Waals surface area contributed by atoms with Crippen LogP contribution in [-0.2, 0) is 19.9 Å². The highest BCUT2D eigenvalue weighted by atomic mass is 19.2. The van der Waals surface area contributed by atoms with Gasteiger partial charge in [-0.2, -0.15) is 5.10 Å². The number of aryl methyl sites for hydroxylation is 1. The molecule has 2 N–H and O–H groups in total. The number of rotatable bonds is 4. The number of hydrogen-bond donors (Lipinski definition) is 1. The first-order valence-corrected chi connectivity index (χ1v) is 5.72. The minimum atomic E-state index is -0.832. The largest absolute Gasteiger partial charge is 0.327 e. The Hall–Kier alpha value is -1.75. The zero-order chi connectivity index (χ0) is 13.1. The lowest BCUT2D eigenvalue weighted by Crippen LogP contribution is -2.26. The van der Waals surface area contributed by atoms with Crippen LogP contribution in [0, 0.1) is 11.6 Å². The molecule has 2 rings (SSSR count). The number of benzene rings is 1. The van der Waals surface area contributed by atoms with Crippen LogP contribution in [-0.4, -0.2) is 15.8 Å². The first-order chi connectivity index (χ1) is 8.56. The van der Waals surface area contributed by atoms with E-state index in [9.17, 15) is 8.78 Å². The lowest BCUT2D eigenvalue weighted by Gasteiger charge is -2.11. The fourth-order valence-electron chi connectivity index (χ4n) is 1.94. The van der Waals surface area contributed by atoms with Crippen LogP contribution in [0.15, 0.2) is 30.6 Å². The molecule has 96 valence electrons. The number of nitrogens with zero attached hydrogens (tertiary/aromatic N) is 2. The average Bonchev–Trinajstić information content (AvgIpc) is 2.70. The molecule has 0 aliphatic heterocycles. The van der Waals surface area contributed by atoms with Gasteiger partial charge in [0.25, 0.3) is 0 Å². The van der Waals surface area contributed by atoms with Gasteiger partial charge in [-0.3, -0.25) is 4.68 Å². The second kappa shape index (κ2) is 5.27. The summed E-state index contributed by atoms with van der Waals surface area (Å²) in [5.41, 5.74) is 7.24.